The fourth-order valence-electron chi connectivity index (χ4n) is 2.62. The van der Waals surface area contributed by atoms with Gasteiger partial charge in [-0.2, -0.15) is 5.10 Å². The lowest BCUT2D eigenvalue weighted by Gasteiger charge is -2.05. The fraction of sp³-hybridized carbons (Fsp3) is 0.125. The van der Waals surface area contributed by atoms with Crippen LogP contribution in [0.4, 0.5) is 5.82 Å². The molecule has 1 N–H and O–H groups in total. The number of carbonyl (C=O) groups is 1. The van der Waals surface area contributed by atoms with E-state index in [1.54, 1.807) is 24.7 Å². The van der Waals surface area contributed by atoms with Crippen LogP contribution in [-0.4, -0.2) is 39.8 Å². The number of nitrogens with zero attached hydrogens (tertiary/aromatic N) is 4. The van der Waals surface area contributed by atoms with Crippen molar-refractivity contribution in [2.24, 2.45) is 0 Å². The second-order valence-corrected chi connectivity index (χ2v) is 7.59. The summed E-state index contributed by atoms with van der Waals surface area (Å²) in [5.41, 5.74) is 1.80. The number of aromatic nitrogens is 4. The molecule has 0 bridgehead atoms. The van der Waals surface area contributed by atoms with Crippen LogP contribution >= 0.6 is 0 Å². The van der Waals surface area contributed by atoms with Crippen LogP contribution in [0.3, 0.4) is 0 Å². The Labute approximate surface area is 143 Å². The van der Waals surface area contributed by atoms with Crippen molar-refractivity contribution in [1.82, 2.24) is 19.7 Å². The van der Waals surface area contributed by atoms with Crippen LogP contribution in [0, 0.1) is 0 Å². The highest BCUT2D eigenvalue weighted by atomic mass is 32.2. The van der Waals surface area contributed by atoms with Crippen molar-refractivity contribution in [3.05, 3.63) is 54.6 Å². The van der Waals surface area contributed by atoms with E-state index >= 15 is 0 Å². The number of rotatable bonds is 3. The summed E-state index contributed by atoms with van der Waals surface area (Å²) in [7, 11) is -3.34. The molecule has 0 saturated carbocycles. The summed E-state index contributed by atoms with van der Waals surface area (Å²) in [6, 6.07) is 8.54. The van der Waals surface area contributed by atoms with Crippen molar-refractivity contribution < 1.29 is 13.2 Å². The summed E-state index contributed by atoms with van der Waals surface area (Å²) < 4.78 is 25.0. The van der Waals surface area contributed by atoms with Gasteiger partial charge < -0.3 is 5.32 Å². The van der Waals surface area contributed by atoms with Crippen LogP contribution in [0.2, 0.25) is 0 Å². The third kappa shape index (κ3) is 2.89. The Bertz CT molecular complexity index is 1060. The van der Waals surface area contributed by atoms with Gasteiger partial charge in [0.05, 0.1) is 12.3 Å². The molecule has 0 saturated heterocycles. The van der Waals surface area contributed by atoms with Gasteiger partial charge in [-0.1, -0.05) is 6.07 Å². The average molecular weight is 355 g/mol. The van der Waals surface area contributed by atoms with Crippen molar-refractivity contribution in [1.29, 1.82) is 0 Å². The van der Waals surface area contributed by atoms with E-state index < -0.39 is 15.7 Å². The first-order valence-corrected chi connectivity index (χ1v) is 9.16. The molecule has 4 heterocycles. The van der Waals surface area contributed by atoms with Crippen molar-refractivity contribution >= 4 is 21.6 Å². The largest absolute Gasteiger partial charge is 0.305 e. The van der Waals surface area contributed by atoms with Gasteiger partial charge in [0.1, 0.15) is 5.82 Å². The first kappa shape index (κ1) is 15.5. The molecule has 1 aliphatic rings. The topological polar surface area (TPSA) is 107 Å². The molecular weight excluding hydrogens is 342 g/mol. The number of amides is 1. The highest BCUT2D eigenvalue weighted by molar-refractivity contribution is 7.91. The lowest BCUT2D eigenvalue weighted by Crippen LogP contribution is -2.14. The van der Waals surface area contributed by atoms with Gasteiger partial charge in [-0.3, -0.25) is 14.5 Å². The average Bonchev–Trinajstić information content (AvgIpc) is 3.17. The van der Waals surface area contributed by atoms with Crippen LogP contribution in [0.1, 0.15) is 10.5 Å². The van der Waals surface area contributed by atoms with Crippen LogP contribution in [0.15, 0.2) is 53.9 Å². The molecule has 1 amide bonds. The quantitative estimate of drug-likeness (QED) is 0.761. The number of carbonyl (C=O) groups excluding carboxylic acids is 1. The third-order valence-corrected chi connectivity index (χ3v) is 5.55. The second kappa shape index (κ2) is 5.78. The fourth-order valence-corrected chi connectivity index (χ4v) is 3.99. The SMILES string of the molecule is O=C(Nc1cc(-c2cccnc2)ccn1)c1cc2n(n1)CCS2(=O)=O. The Kier molecular flexibility index (Phi) is 3.57. The summed E-state index contributed by atoms with van der Waals surface area (Å²) in [4.78, 5) is 20.5. The molecule has 8 nitrogen and oxygen atoms in total. The molecule has 4 rings (SSSR count). The van der Waals surface area contributed by atoms with Crippen LogP contribution in [-0.2, 0) is 16.4 Å². The van der Waals surface area contributed by atoms with Gasteiger partial charge in [-0.25, -0.2) is 13.4 Å². The zero-order valence-corrected chi connectivity index (χ0v) is 13.8. The van der Waals surface area contributed by atoms with Crippen molar-refractivity contribution in [2.45, 2.75) is 11.6 Å². The highest BCUT2D eigenvalue weighted by Gasteiger charge is 2.30. The number of hydrogen-bond acceptors (Lipinski definition) is 6. The minimum Gasteiger partial charge on any atom is -0.305 e. The number of pyridine rings is 2. The molecule has 0 radical (unpaired) electrons. The maximum atomic E-state index is 12.3. The number of hydrogen-bond donors (Lipinski definition) is 1. The standard InChI is InChI=1S/C16H13N5O3S/c22-16(13-9-15-21(20-13)6-7-25(15,23)24)19-14-8-11(3-5-18-14)12-2-1-4-17-10-12/h1-5,8-10H,6-7H2,(H,18,19,22). The van der Waals surface area contributed by atoms with E-state index in [4.69, 9.17) is 0 Å². The predicted molar refractivity (Wildman–Crippen MR) is 89.7 cm³/mol. The summed E-state index contributed by atoms with van der Waals surface area (Å²) in [6.45, 7) is 0.264. The number of nitrogens with one attached hydrogen (secondary N) is 1. The molecule has 9 heteroatoms. The molecule has 25 heavy (non-hydrogen) atoms. The molecule has 0 aromatic carbocycles. The number of fused-ring (bicyclic) bond motifs is 1. The molecule has 126 valence electrons. The van der Waals surface area contributed by atoms with E-state index in [0.29, 0.717) is 5.82 Å². The van der Waals surface area contributed by atoms with Crippen LogP contribution in [0.25, 0.3) is 11.1 Å². The first-order chi connectivity index (χ1) is 12.0. The Morgan fingerprint density at radius 1 is 1.16 bits per heavy atom. The van der Waals surface area contributed by atoms with Gasteiger partial charge in [0.2, 0.25) is 0 Å². The zero-order valence-electron chi connectivity index (χ0n) is 13.0. The van der Waals surface area contributed by atoms with Crippen LogP contribution < -0.4 is 5.32 Å². The number of anilines is 1. The maximum Gasteiger partial charge on any atom is 0.277 e. The van der Waals surface area contributed by atoms with E-state index in [1.165, 1.54) is 10.7 Å². The summed E-state index contributed by atoms with van der Waals surface area (Å²) in [5, 5.41) is 6.77. The Balaban J connectivity index is 1.58. The van der Waals surface area contributed by atoms with Gasteiger partial charge in [0.15, 0.2) is 20.6 Å². The molecule has 0 spiro atoms. The molecule has 1 aliphatic heterocycles. The van der Waals surface area contributed by atoms with Crippen LogP contribution in [0.5, 0.6) is 0 Å². The molecule has 0 atom stereocenters. The Morgan fingerprint density at radius 3 is 2.80 bits per heavy atom. The Morgan fingerprint density at radius 2 is 2.04 bits per heavy atom. The first-order valence-electron chi connectivity index (χ1n) is 7.51. The van der Waals surface area contributed by atoms with Crippen molar-refractivity contribution in [3.63, 3.8) is 0 Å². The molecule has 0 aliphatic carbocycles. The molecule has 0 fully saturated rings. The van der Waals surface area contributed by atoms with Crippen molar-refractivity contribution in [3.8, 4) is 11.1 Å². The van der Waals surface area contributed by atoms with E-state index in [2.05, 4.69) is 20.4 Å². The minimum absolute atomic E-state index is 0.0198. The lowest BCUT2D eigenvalue weighted by atomic mass is 10.1. The summed E-state index contributed by atoms with van der Waals surface area (Å²) in [5.74, 6) is -0.137. The van der Waals surface area contributed by atoms with E-state index in [9.17, 15) is 13.2 Å². The van der Waals surface area contributed by atoms with Gasteiger partial charge in [-0.15, -0.1) is 0 Å². The smallest absolute Gasteiger partial charge is 0.277 e. The van der Waals surface area contributed by atoms with Crippen molar-refractivity contribution in [2.75, 3.05) is 11.1 Å². The molecule has 0 unspecified atom stereocenters. The summed E-state index contributed by atoms with van der Waals surface area (Å²) in [6.07, 6.45) is 4.97. The molecular formula is C16H13N5O3S. The summed E-state index contributed by atoms with van der Waals surface area (Å²) >= 11 is 0. The highest BCUT2D eigenvalue weighted by Crippen LogP contribution is 2.22. The zero-order chi connectivity index (χ0) is 17.4. The van der Waals surface area contributed by atoms with E-state index in [0.717, 1.165) is 11.1 Å². The molecule has 3 aromatic heterocycles. The van der Waals surface area contributed by atoms with E-state index in [1.807, 2.05) is 18.2 Å². The number of sulfone groups is 1. The van der Waals surface area contributed by atoms with Gasteiger partial charge in [-0.05, 0) is 23.8 Å². The van der Waals surface area contributed by atoms with Gasteiger partial charge >= 0.3 is 0 Å². The molecule has 3 aromatic rings. The Hall–Kier alpha value is -3.07. The minimum atomic E-state index is -3.34. The monoisotopic (exact) mass is 355 g/mol. The van der Waals surface area contributed by atoms with Gasteiger partial charge in [0, 0.05) is 30.2 Å². The number of aryl methyl sites for hydroxylation is 1. The lowest BCUT2D eigenvalue weighted by molar-refractivity contribution is 0.102. The second-order valence-electron chi connectivity index (χ2n) is 5.54. The van der Waals surface area contributed by atoms with E-state index in [-0.39, 0.29) is 23.0 Å². The third-order valence-electron chi connectivity index (χ3n) is 3.86. The normalized spacial score (nSPS) is 14.9. The van der Waals surface area contributed by atoms with Gasteiger partial charge in [0.25, 0.3) is 5.91 Å². The predicted octanol–water partition coefficient (Wildman–Crippen LogP) is 1.38. The maximum absolute atomic E-state index is 12.3.